The van der Waals surface area contributed by atoms with Gasteiger partial charge in [-0.2, -0.15) is 8.78 Å². The highest BCUT2D eigenvalue weighted by atomic mass is 19.3. The van der Waals surface area contributed by atoms with Crippen molar-refractivity contribution in [1.82, 2.24) is 20.2 Å². The number of halogens is 2. The van der Waals surface area contributed by atoms with Gasteiger partial charge in [0.2, 0.25) is 0 Å². The lowest BCUT2D eigenvalue weighted by Crippen LogP contribution is -2.56. The third-order valence-corrected chi connectivity index (χ3v) is 8.33. The number of nitrogens with zero attached hydrogens (tertiary/aromatic N) is 4. The molecule has 1 saturated heterocycles. The van der Waals surface area contributed by atoms with Gasteiger partial charge in [0.15, 0.2) is 5.82 Å². The fraction of sp³-hybridized carbons (Fsp3) is 0.577. The van der Waals surface area contributed by atoms with E-state index < -0.39 is 11.7 Å². The Kier molecular flexibility index (Phi) is 5.82. The Bertz CT molecular complexity index is 1010. The van der Waals surface area contributed by atoms with E-state index in [-0.39, 0.29) is 17.1 Å². The van der Waals surface area contributed by atoms with E-state index in [4.69, 9.17) is 0 Å². The van der Waals surface area contributed by atoms with Gasteiger partial charge in [-0.15, -0.1) is 0 Å². The molecule has 182 valence electrons. The number of carbonyl (C=O) groups excluding carboxylic acids is 1. The molecular formula is C26H33F2N5O. The Morgan fingerprint density at radius 2 is 1.74 bits per heavy atom. The van der Waals surface area contributed by atoms with E-state index >= 15 is 0 Å². The number of anilines is 1. The summed E-state index contributed by atoms with van der Waals surface area (Å²) in [5.41, 5.74) is 1.39. The summed E-state index contributed by atoms with van der Waals surface area (Å²) in [6.07, 6.45) is 9.88. The second-order valence-corrected chi connectivity index (χ2v) is 10.4. The zero-order valence-electron chi connectivity index (χ0n) is 19.9. The molecule has 1 aromatic heterocycles. The highest BCUT2D eigenvalue weighted by Crippen LogP contribution is 2.48. The number of rotatable bonds is 6. The van der Waals surface area contributed by atoms with Crippen molar-refractivity contribution in [3.05, 3.63) is 54.1 Å². The summed E-state index contributed by atoms with van der Waals surface area (Å²) < 4.78 is 27.2. The average molecular weight is 470 g/mol. The molecule has 1 spiro atoms. The van der Waals surface area contributed by atoms with Crippen molar-refractivity contribution in [2.24, 2.45) is 5.92 Å². The molecule has 2 amide bonds. The van der Waals surface area contributed by atoms with E-state index in [1.54, 1.807) is 4.90 Å². The first-order chi connectivity index (χ1) is 16.3. The van der Waals surface area contributed by atoms with Crippen molar-refractivity contribution in [2.75, 3.05) is 25.0 Å². The van der Waals surface area contributed by atoms with E-state index in [1.165, 1.54) is 24.4 Å². The summed E-state index contributed by atoms with van der Waals surface area (Å²) in [5.74, 6) is -3.09. The van der Waals surface area contributed by atoms with E-state index in [9.17, 15) is 13.6 Å². The number of aromatic nitrogens is 2. The number of alkyl halides is 2. The first-order valence-electron chi connectivity index (χ1n) is 12.3. The number of hydrogen-bond donors (Lipinski definition) is 1. The van der Waals surface area contributed by atoms with Crippen LogP contribution in [0.3, 0.4) is 0 Å². The first-order valence-corrected chi connectivity index (χ1v) is 12.3. The van der Waals surface area contributed by atoms with Crippen LogP contribution < -0.4 is 10.2 Å². The first kappa shape index (κ1) is 23.1. The summed E-state index contributed by atoms with van der Waals surface area (Å²) in [6.45, 7) is 2.08. The molecule has 3 fully saturated rings. The van der Waals surface area contributed by atoms with Gasteiger partial charge in [0, 0.05) is 19.0 Å². The topological polar surface area (TPSA) is 61.4 Å². The maximum atomic E-state index is 13.7. The Labute approximate surface area is 199 Å². The van der Waals surface area contributed by atoms with Gasteiger partial charge in [0.1, 0.15) is 0 Å². The standard InChI is InChI=1S/C26H33F2N5O/c1-24(27,28)22-30-15-21(16-31-22)32-18-25(33(23(32)34)17-19-7-6-8-19)11-13-26(29-2,14-12-25)20-9-4-3-5-10-20/h3-5,9-10,15-16,19,29H,6-8,11-14,17-18H2,1-2H3/t25-,26+. The summed E-state index contributed by atoms with van der Waals surface area (Å²) >= 11 is 0. The number of nitrogens with one attached hydrogen (secondary N) is 1. The quantitative estimate of drug-likeness (QED) is 0.643. The molecule has 1 aliphatic heterocycles. The second kappa shape index (κ2) is 8.56. The van der Waals surface area contributed by atoms with Crippen LogP contribution in [0.25, 0.3) is 0 Å². The van der Waals surface area contributed by atoms with E-state index in [0.717, 1.165) is 52.0 Å². The lowest BCUT2D eigenvalue weighted by molar-refractivity contribution is 0.00770. The van der Waals surface area contributed by atoms with Crippen molar-refractivity contribution in [1.29, 1.82) is 0 Å². The van der Waals surface area contributed by atoms with Gasteiger partial charge in [-0.3, -0.25) is 4.90 Å². The monoisotopic (exact) mass is 469 g/mol. The van der Waals surface area contributed by atoms with Crippen molar-refractivity contribution in [2.45, 2.75) is 68.9 Å². The molecule has 2 aromatic rings. The van der Waals surface area contributed by atoms with Crippen LogP contribution in [-0.2, 0) is 11.5 Å². The fourth-order valence-electron chi connectivity index (χ4n) is 5.90. The average Bonchev–Trinajstić information content (AvgIpc) is 3.08. The van der Waals surface area contributed by atoms with Crippen molar-refractivity contribution < 1.29 is 13.6 Å². The summed E-state index contributed by atoms with van der Waals surface area (Å²) in [5, 5.41) is 3.58. The Balaban J connectivity index is 1.42. The Hall–Kier alpha value is -2.61. The van der Waals surface area contributed by atoms with Crippen LogP contribution in [0.15, 0.2) is 42.7 Å². The van der Waals surface area contributed by atoms with Crippen LogP contribution in [0.5, 0.6) is 0 Å². The third kappa shape index (κ3) is 3.96. The van der Waals surface area contributed by atoms with Crippen LogP contribution in [0.1, 0.15) is 63.3 Å². The highest BCUT2D eigenvalue weighted by Gasteiger charge is 2.54. The number of hydrogen-bond acceptors (Lipinski definition) is 4. The summed E-state index contributed by atoms with van der Waals surface area (Å²) in [4.78, 5) is 25.2. The van der Waals surface area contributed by atoms with Crippen LogP contribution in [0, 0.1) is 5.92 Å². The molecule has 2 aliphatic carbocycles. The Morgan fingerprint density at radius 1 is 1.09 bits per heavy atom. The van der Waals surface area contributed by atoms with Gasteiger partial charge in [0.05, 0.1) is 30.2 Å². The van der Waals surface area contributed by atoms with Crippen molar-refractivity contribution >= 4 is 11.7 Å². The molecule has 0 unspecified atom stereocenters. The molecule has 1 N–H and O–H groups in total. The minimum absolute atomic E-state index is 0.0526. The van der Waals surface area contributed by atoms with E-state index in [0.29, 0.717) is 18.2 Å². The van der Waals surface area contributed by atoms with Crippen LogP contribution in [-0.4, -0.2) is 46.6 Å². The fourth-order valence-corrected chi connectivity index (χ4v) is 5.90. The second-order valence-electron chi connectivity index (χ2n) is 10.4. The normalized spacial score (nSPS) is 27.9. The van der Waals surface area contributed by atoms with Gasteiger partial charge in [-0.05, 0) is 57.1 Å². The molecule has 0 bridgehead atoms. The highest BCUT2D eigenvalue weighted by molar-refractivity contribution is 5.95. The number of urea groups is 1. The van der Waals surface area contributed by atoms with Crippen molar-refractivity contribution in [3.63, 3.8) is 0 Å². The molecule has 0 atom stereocenters. The van der Waals surface area contributed by atoms with Gasteiger partial charge in [-0.25, -0.2) is 14.8 Å². The number of benzene rings is 1. The minimum atomic E-state index is -3.11. The van der Waals surface area contributed by atoms with Gasteiger partial charge < -0.3 is 10.2 Å². The molecular weight excluding hydrogens is 436 g/mol. The molecule has 2 saturated carbocycles. The van der Waals surface area contributed by atoms with Gasteiger partial charge >= 0.3 is 12.0 Å². The molecule has 6 nitrogen and oxygen atoms in total. The maximum Gasteiger partial charge on any atom is 0.325 e. The molecule has 8 heteroatoms. The molecule has 3 aliphatic rings. The predicted octanol–water partition coefficient (Wildman–Crippen LogP) is 5.06. The molecule has 0 radical (unpaired) electrons. The van der Waals surface area contributed by atoms with Gasteiger partial charge in [0.25, 0.3) is 0 Å². The smallest absolute Gasteiger partial charge is 0.317 e. The van der Waals surface area contributed by atoms with E-state index in [2.05, 4.69) is 44.5 Å². The van der Waals surface area contributed by atoms with Crippen LogP contribution in [0.4, 0.5) is 19.3 Å². The maximum absolute atomic E-state index is 13.7. The molecule has 1 aromatic carbocycles. The molecule has 2 heterocycles. The molecule has 5 rings (SSSR count). The zero-order valence-corrected chi connectivity index (χ0v) is 19.9. The predicted molar refractivity (Wildman–Crippen MR) is 127 cm³/mol. The largest absolute Gasteiger partial charge is 0.325 e. The number of amides is 2. The third-order valence-electron chi connectivity index (χ3n) is 8.33. The summed E-state index contributed by atoms with van der Waals surface area (Å²) in [7, 11) is 2.02. The SMILES string of the molecule is CN[C@]1(c2ccccc2)CC[C@]2(CC1)CN(c1cnc(C(C)(F)F)nc1)C(=O)N2CC1CCC1. The van der Waals surface area contributed by atoms with Crippen LogP contribution >= 0.6 is 0 Å². The van der Waals surface area contributed by atoms with E-state index in [1.807, 2.05) is 13.1 Å². The van der Waals surface area contributed by atoms with Crippen molar-refractivity contribution in [3.8, 4) is 0 Å². The van der Waals surface area contributed by atoms with Crippen LogP contribution in [0.2, 0.25) is 0 Å². The van der Waals surface area contributed by atoms with Gasteiger partial charge in [-0.1, -0.05) is 36.8 Å². The Morgan fingerprint density at radius 3 is 2.26 bits per heavy atom. The minimum Gasteiger partial charge on any atom is -0.317 e. The lowest BCUT2D eigenvalue weighted by Gasteiger charge is -2.49. The lowest BCUT2D eigenvalue weighted by atomic mass is 9.68. The summed E-state index contributed by atoms with van der Waals surface area (Å²) in [6, 6.07) is 10.5. The molecule has 34 heavy (non-hydrogen) atoms. The number of carbonyl (C=O) groups is 1. The zero-order chi connectivity index (χ0) is 24.0.